The van der Waals surface area contributed by atoms with Crippen LogP contribution in [-0.2, 0) is 26.2 Å². The van der Waals surface area contributed by atoms with Crippen molar-refractivity contribution in [2.24, 2.45) is 0 Å². The number of ether oxygens (including phenoxy) is 1. The van der Waals surface area contributed by atoms with Gasteiger partial charge in [0.25, 0.3) is 0 Å². The van der Waals surface area contributed by atoms with Gasteiger partial charge in [0.1, 0.15) is 11.8 Å². The van der Waals surface area contributed by atoms with Gasteiger partial charge in [0.2, 0.25) is 21.8 Å². The van der Waals surface area contributed by atoms with Gasteiger partial charge in [-0.3, -0.25) is 13.9 Å². The molecule has 0 bridgehead atoms. The number of amides is 2. The third-order valence-corrected chi connectivity index (χ3v) is 7.97. The molecule has 0 heterocycles. The monoisotopic (exact) mass is 529 g/mol. The third-order valence-electron chi connectivity index (χ3n) is 6.78. The minimum atomic E-state index is -3.57. The summed E-state index contributed by atoms with van der Waals surface area (Å²) in [6.07, 6.45) is 6.25. The topological polar surface area (TPSA) is 96.0 Å². The number of carbonyl (C=O) groups is 2. The molecule has 1 aliphatic rings. The first-order valence-corrected chi connectivity index (χ1v) is 14.8. The average Bonchev–Trinajstić information content (AvgIpc) is 3.39. The minimum absolute atomic E-state index is 0.118. The Kier molecular flexibility index (Phi) is 10.4. The Labute approximate surface area is 221 Å². The minimum Gasteiger partial charge on any atom is -0.497 e. The molecule has 1 saturated carbocycles. The van der Waals surface area contributed by atoms with E-state index in [4.69, 9.17) is 4.74 Å². The van der Waals surface area contributed by atoms with Crippen LogP contribution in [0.2, 0.25) is 0 Å². The van der Waals surface area contributed by atoms with Crippen LogP contribution >= 0.6 is 0 Å². The lowest BCUT2D eigenvalue weighted by Gasteiger charge is -2.32. The number of rotatable bonds is 13. The highest BCUT2D eigenvalue weighted by molar-refractivity contribution is 7.92. The molecular formula is C28H39N3O5S. The molecule has 9 heteroatoms. The molecule has 202 valence electrons. The second-order valence-corrected chi connectivity index (χ2v) is 11.5. The van der Waals surface area contributed by atoms with E-state index in [9.17, 15) is 18.0 Å². The number of anilines is 1. The molecule has 1 N–H and O–H groups in total. The summed E-state index contributed by atoms with van der Waals surface area (Å²) < 4.78 is 31.6. The van der Waals surface area contributed by atoms with Crippen molar-refractivity contribution >= 4 is 27.5 Å². The van der Waals surface area contributed by atoms with Crippen LogP contribution in [0, 0.1) is 0 Å². The van der Waals surface area contributed by atoms with Crippen LogP contribution in [0.4, 0.5) is 5.69 Å². The second kappa shape index (κ2) is 13.5. The summed E-state index contributed by atoms with van der Waals surface area (Å²) in [5, 5.41) is 3.15. The molecule has 3 rings (SSSR count). The normalized spacial score (nSPS) is 14.7. The zero-order valence-corrected chi connectivity index (χ0v) is 22.9. The largest absolute Gasteiger partial charge is 0.497 e. The zero-order valence-electron chi connectivity index (χ0n) is 22.1. The standard InChI is InChI=1S/C28H39N3O5S/c1-4-26(28(33)29-23-14-8-9-15-23)30(21-22-12-6-5-7-13-22)27(32)18-11-19-31(37(3,34)35)24-16-10-17-25(20-24)36-2/h5-7,10,12-13,16-17,20,23,26H,4,8-9,11,14-15,18-19,21H2,1-3H3,(H,29,33)/t26-/m1/s1. The fraction of sp³-hybridized carbons (Fsp3) is 0.500. The van der Waals surface area contributed by atoms with E-state index in [1.165, 1.54) is 11.4 Å². The van der Waals surface area contributed by atoms with Gasteiger partial charge in [-0.05, 0) is 43.4 Å². The predicted octanol–water partition coefficient (Wildman–Crippen LogP) is 4.11. The Hall–Kier alpha value is -3.07. The second-order valence-electron chi connectivity index (χ2n) is 9.56. The van der Waals surface area contributed by atoms with Gasteiger partial charge in [-0.25, -0.2) is 8.42 Å². The number of hydrogen-bond donors (Lipinski definition) is 1. The van der Waals surface area contributed by atoms with Gasteiger partial charge in [0, 0.05) is 31.6 Å². The number of hydrogen-bond acceptors (Lipinski definition) is 5. The summed E-state index contributed by atoms with van der Waals surface area (Å²) in [6.45, 7) is 2.38. The van der Waals surface area contributed by atoms with Crippen molar-refractivity contribution in [3.8, 4) is 5.75 Å². The summed E-state index contributed by atoms with van der Waals surface area (Å²) in [6, 6.07) is 16.0. The maximum atomic E-state index is 13.5. The maximum absolute atomic E-state index is 13.5. The summed E-state index contributed by atoms with van der Waals surface area (Å²) in [7, 11) is -2.04. The Morgan fingerprint density at radius 1 is 1.08 bits per heavy atom. The number of sulfonamides is 1. The van der Waals surface area contributed by atoms with Crippen molar-refractivity contribution < 1.29 is 22.7 Å². The summed E-state index contributed by atoms with van der Waals surface area (Å²) in [5.41, 5.74) is 1.43. The van der Waals surface area contributed by atoms with E-state index in [0.717, 1.165) is 37.5 Å². The molecule has 2 aromatic rings. The molecule has 0 aromatic heterocycles. The van der Waals surface area contributed by atoms with E-state index < -0.39 is 16.1 Å². The molecule has 37 heavy (non-hydrogen) atoms. The molecule has 2 amide bonds. The molecule has 0 saturated heterocycles. The fourth-order valence-corrected chi connectivity index (χ4v) is 5.79. The third kappa shape index (κ3) is 8.21. The van der Waals surface area contributed by atoms with Crippen molar-refractivity contribution in [1.82, 2.24) is 10.2 Å². The number of nitrogens with zero attached hydrogens (tertiary/aromatic N) is 2. The molecule has 0 unspecified atom stereocenters. The lowest BCUT2D eigenvalue weighted by Crippen LogP contribution is -2.51. The SMILES string of the molecule is CC[C@H](C(=O)NC1CCCC1)N(Cc1ccccc1)C(=O)CCCN(c1cccc(OC)c1)S(C)(=O)=O. The summed E-state index contributed by atoms with van der Waals surface area (Å²) in [4.78, 5) is 28.4. The first-order chi connectivity index (χ1) is 17.7. The van der Waals surface area contributed by atoms with Crippen LogP contribution in [-0.4, -0.2) is 57.1 Å². The van der Waals surface area contributed by atoms with Crippen molar-refractivity contribution in [2.75, 3.05) is 24.2 Å². The maximum Gasteiger partial charge on any atom is 0.243 e. The number of methoxy groups -OCH3 is 1. The van der Waals surface area contributed by atoms with E-state index in [1.54, 1.807) is 29.2 Å². The van der Waals surface area contributed by atoms with Crippen LogP contribution in [0.5, 0.6) is 5.75 Å². The predicted molar refractivity (Wildman–Crippen MR) is 146 cm³/mol. The van der Waals surface area contributed by atoms with Crippen LogP contribution < -0.4 is 14.4 Å². The quantitative estimate of drug-likeness (QED) is 0.421. The van der Waals surface area contributed by atoms with Gasteiger partial charge >= 0.3 is 0 Å². The first-order valence-electron chi connectivity index (χ1n) is 13.0. The molecule has 8 nitrogen and oxygen atoms in total. The zero-order chi connectivity index (χ0) is 26.8. The lowest BCUT2D eigenvalue weighted by atomic mass is 10.1. The van der Waals surface area contributed by atoms with Crippen LogP contribution in [0.3, 0.4) is 0 Å². The van der Waals surface area contributed by atoms with Crippen LogP contribution in [0.25, 0.3) is 0 Å². The number of benzene rings is 2. The smallest absolute Gasteiger partial charge is 0.243 e. The Bertz CT molecular complexity index is 1130. The summed E-state index contributed by atoms with van der Waals surface area (Å²) >= 11 is 0. The highest BCUT2D eigenvalue weighted by atomic mass is 32.2. The van der Waals surface area contributed by atoms with E-state index in [2.05, 4.69) is 5.32 Å². The lowest BCUT2D eigenvalue weighted by molar-refractivity contribution is -0.141. The van der Waals surface area contributed by atoms with E-state index in [0.29, 0.717) is 30.8 Å². The first kappa shape index (κ1) is 28.5. The average molecular weight is 530 g/mol. The van der Waals surface area contributed by atoms with E-state index >= 15 is 0 Å². The van der Waals surface area contributed by atoms with Crippen LogP contribution in [0.1, 0.15) is 57.4 Å². The molecule has 0 spiro atoms. The molecule has 0 aliphatic heterocycles. The van der Waals surface area contributed by atoms with Crippen LogP contribution in [0.15, 0.2) is 54.6 Å². The van der Waals surface area contributed by atoms with Gasteiger partial charge in [0.05, 0.1) is 19.1 Å². The molecule has 1 atom stereocenters. The van der Waals surface area contributed by atoms with Gasteiger partial charge in [-0.15, -0.1) is 0 Å². The molecule has 1 aliphatic carbocycles. The molecular weight excluding hydrogens is 490 g/mol. The Balaban J connectivity index is 1.74. The summed E-state index contributed by atoms with van der Waals surface area (Å²) in [5.74, 6) is 0.263. The molecule has 2 aromatic carbocycles. The van der Waals surface area contributed by atoms with Gasteiger partial charge < -0.3 is 15.0 Å². The van der Waals surface area contributed by atoms with Crippen molar-refractivity contribution in [2.45, 2.75) is 70.5 Å². The van der Waals surface area contributed by atoms with Crippen molar-refractivity contribution in [1.29, 1.82) is 0 Å². The van der Waals surface area contributed by atoms with Gasteiger partial charge in [-0.1, -0.05) is 56.2 Å². The highest BCUT2D eigenvalue weighted by Gasteiger charge is 2.30. The van der Waals surface area contributed by atoms with Crippen molar-refractivity contribution in [3.05, 3.63) is 60.2 Å². The Morgan fingerprint density at radius 3 is 2.41 bits per heavy atom. The van der Waals surface area contributed by atoms with E-state index in [-0.39, 0.29) is 30.8 Å². The number of carbonyl (C=O) groups excluding carboxylic acids is 2. The van der Waals surface area contributed by atoms with E-state index in [1.807, 2.05) is 37.3 Å². The Morgan fingerprint density at radius 2 is 1.78 bits per heavy atom. The highest BCUT2D eigenvalue weighted by Crippen LogP contribution is 2.24. The molecule has 1 fully saturated rings. The number of nitrogens with one attached hydrogen (secondary N) is 1. The van der Waals surface area contributed by atoms with Gasteiger partial charge in [-0.2, -0.15) is 0 Å². The fourth-order valence-electron chi connectivity index (χ4n) is 4.84. The van der Waals surface area contributed by atoms with Gasteiger partial charge in [0.15, 0.2) is 0 Å². The molecule has 0 radical (unpaired) electrons. The van der Waals surface area contributed by atoms with Crippen molar-refractivity contribution in [3.63, 3.8) is 0 Å².